The summed E-state index contributed by atoms with van der Waals surface area (Å²) in [6.45, 7) is 2.13. The van der Waals surface area contributed by atoms with Gasteiger partial charge in [-0.1, -0.05) is 49.0 Å². The normalized spacial score (nSPS) is 12.1. The van der Waals surface area contributed by atoms with Gasteiger partial charge in [0.2, 0.25) is 11.8 Å². The molecule has 0 aliphatic heterocycles. The Bertz CT molecular complexity index is 584. The van der Waals surface area contributed by atoms with Crippen molar-refractivity contribution in [3.63, 3.8) is 0 Å². The number of amides is 1. The van der Waals surface area contributed by atoms with Gasteiger partial charge in [-0.15, -0.1) is 10.2 Å². The zero-order valence-corrected chi connectivity index (χ0v) is 13.3. The maximum atomic E-state index is 11.5. The van der Waals surface area contributed by atoms with E-state index in [2.05, 4.69) is 29.3 Å². The van der Waals surface area contributed by atoms with Gasteiger partial charge in [0.05, 0.1) is 5.75 Å². The molecule has 0 saturated carbocycles. The van der Waals surface area contributed by atoms with Crippen molar-refractivity contribution < 1.29 is 9.21 Å². The maximum Gasteiger partial charge on any atom is 0.277 e. The molecule has 1 atom stereocenters. The first-order valence-corrected chi connectivity index (χ1v) is 7.75. The predicted octanol–water partition coefficient (Wildman–Crippen LogP) is 2.60. The third-order valence-corrected chi connectivity index (χ3v) is 3.92. The Hall–Kier alpha value is -1.82. The van der Waals surface area contributed by atoms with Crippen molar-refractivity contribution in [1.29, 1.82) is 0 Å². The van der Waals surface area contributed by atoms with Crippen LogP contribution in [0.5, 0.6) is 0 Å². The molecule has 5 nitrogen and oxygen atoms in total. The summed E-state index contributed by atoms with van der Waals surface area (Å²) in [5.74, 6) is 1.25. The molecule has 6 heteroatoms. The molecule has 0 aliphatic rings. The minimum absolute atomic E-state index is 0.0254. The number of benzene rings is 1. The van der Waals surface area contributed by atoms with Crippen LogP contribution in [0.2, 0.25) is 0 Å². The lowest BCUT2D eigenvalue weighted by molar-refractivity contribution is -0.125. The van der Waals surface area contributed by atoms with E-state index in [1.165, 1.54) is 17.3 Å². The Kier molecular flexibility index (Phi) is 5.38. The fraction of sp³-hybridized carbons (Fsp3) is 0.400. The molecule has 0 spiro atoms. The summed E-state index contributed by atoms with van der Waals surface area (Å²) in [5, 5.41) is 8.46. The average Bonchev–Trinajstić information content (AvgIpc) is 2.93. The molecule has 0 unspecified atom stereocenters. The fourth-order valence-corrected chi connectivity index (χ4v) is 2.55. The van der Waals surface area contributed by atoms with Crippen LogP contribution >= 0.6 is 11.8 Å². The summed E-state index contributed by atoms with van der Waals surface area (Å²) in [4.78, 5) is 13.0. The lowest BCUT2D eigenvalue weighted by Gasteiger charge is -2.08. The van der Waals surface area contributed by atoms with E-state index in [1.807, 2.05) is 18.2 Å². The Balaban J connectivity index is 1.90. The van der Waals surface area contributed by atoms with E-state index < -0.39 is 0 Å². The third-order valence-electron chi connectivity index (χ3n) is 3.12. The molecule has 0 aliphatic carbocycles. The van der Waals surface area contributed by atoms with Crippen molar-refractivity contribution in [1.82, 2.24) is 15.1 Å². The van der Waals surface area contributed by atoms with Crippen molar-refractivity contribution in [3.05, 3.63) is 41.8 Å². The van der Waals surface area contributed by atoms with Crippen LogP contribution in [-0.2, 0) is 11.2 Å². The zero-order chi connectivity index (χ0) is 15.2. The number of rotatable bonds is 6. The molecule has 1 heterocycles. The van der Waals surface area contributed by atoms with E-state index >= 15 is 0 Å². The topological polar surface area (TPSA) is 59.2 Å². The van der Waals surface area contributed by atoms with Crippen molar-refractivity contribution in [2.75, 3.05) is 19.8 Å². The van der Waals surface area contributed by atoms with Crippen LogP contribution in [0.1, 0.15) is 24.3 Å². The van der Waals surface area contributed by atoms with Gasteiger partial charge in [0.1, 0.15) is 0 Å². The number of hydrogen-bond donors (Lipinski definition) is 0. The van der Waals surface area contributed by atoms with E-state index in [9.17, 15) is 4.79 Å². The first-order chi connectivity index (χ1) is 10.1. The van der Waals surface area contributed by atoms with Gasteiger partial charge in [0.15, 0.2) is 0 Å². The van der Waals surface area contributed by atoms with Crippen LogP contribution in [0.25, 0.3) is 0 Å². The van der Waals surface area contributed by atoms with E-state index in [0.29, 0.717) is 29.2 Å². The molecule has 0 saturated heterocycles. The smallest absolute Gasteiger partial charge is 0.277 e. The maximum absolute atomic E-state index is 11.5. The van der Waals surface area contributed by atoms with Gasteiger partial charge >= 0.3 is 0 Å². The summed E-state index contributed by atoms with van der Waals surface area (Å²) in [5.41, 5.74) is 1.24. The van der Waals surface area contributed by atoms with Crippen LogP contribution in [0, 0.1) is 0 Å². The Labute approximate surface area is 128 Å². The summed E-state index contributed by atoms with van der Waals surface area (Å²) in [6, 6.07) is 10.2. The largest absolute Gasteiger partial charge is 0.416 e. The standard InChI is InChI=1S/C15H19N3O2S/c1-11(12-7-5-4-6-8-12)9-13-16-17-15(20-13)21-10-14(19)18(2)3/h4-8,11H,9-10H2,1-3H3/t11-/m0/s1. The lowest BCUT2D eigenvalue weighted by Crippen LogP contribution is -2.23. The van der Waals surface area contributed by atoms with Crippen LogP contribution < -0.4 is 0 Å². The average molecular weight is 305 g/mol. The van der Waals surface area contributed by atoms with Gasteiger partial charge in [0, 0.05) is 20.5 Å². The second-order valence-corrected chi connectivity index (χ2v) is 5.98. The van der Waals surface area contributed by atoms with Crippen LogP contribution in [-0.4, -0.2) is 40.9 Å². The molecule has 1 aromatic heterocycles. The van der Waals surface area contributed by atoms with Gasteiger partial charge in [-0.2, -0.15) is 0 Å². The second-order valence-electron chi connectivity index (χ2n) is 5.05. The summed E-state index contributed by atoms with van der Waals surface area (Å²) in [6.07, 6.45) is 0.694. The van der Waals surface area contributed by atoms with Crippen molar-refractivity contribution >= 4 is 17.7 Å². The SMILES string of the molecule is C[C@@H](Cc1nnc(SCC(=O)N(C)C)o1)c1ccccc1. The Morgan fingerprint density at radius 1 is 1.29 bits per heavy atom. The summed E-state index contributed by atoms with van der Waals surface area (Å²) < 4.78 is 5.58. The molecule has 0 fully saturated rings. The second kappa shape index (κ2) is 7.26. The molecule has 21 heavy (non-hydrogen) atoms. The van der Waals surface area contributed by atoms with Crippen LogP contribution in [0.15, 0.2) is 40.0 Å². The molecule has 112 valence electrons. The number of carbonyl (C=O) groups excluding carboxylic acids is 1. The van der Waals surface area contributed by atoms with Gasteiger partial charge in [-0.3, -0.25) is 4.79 Å². The van der Waals surface area contributed by atoms with Gasteiger partial charge in [-0.25, -0.2) is 0 Å². The molecule has 2 aromatic rings. The molecular weight excluding hydrogens is 286 g/mol. The highest BCUT2D eigenvalue weighted by Gasteiger charge is 2.14. The highest BCUT2D eigenvalue weighted by molar-refractivity contribution is 7.99. The molecule has 2 rings (SSSR count). The number of thioether (sulfide) groups is 1. The minimum Gasteiger partial charge on any atom is -0.416 e. The summed E-state index contributed by atoms with van der Waals surface area (Å²) >= 11 is 1.27. The van der Waals surface area contributed by atoms with Crippen molar-refractivity contribution in [2.24, 2.45) is 0 Å². The van der Waals surface area contributed by atoms with Crippen molar-refractivity contribution in [3.8, 4) is 0 Å². The fourth-order valence-electron chi connectivity index (χ4n) is 1.79. The zero-order valence-electron chi connectivity index (χ0n) is 12.4. The minimum atomic E-state index is 0.0254. The molecule has 1 aromatic carbocycles. The molecule has 0 N–H and O–H groups in total. The number of nitrogens with zero attached hydrogens (tertiary/aromatic N) is 3. The van der Waals surface area contributed by atoms with E-state index in [0.717, 1.165) is 0 Å². The monoisotopic (exact) mass is 305 g/mol. The van der Waals surface area contributed by atoms with E-state index in [4.69, 9.17) is 4.42 Å². The third kappa shape index (κ3) is 4.60. The van der Waals surface area contributed by atoms with Crippen molar-refractivity contribution in [2.45, 2.75) is 24.5 Å². The first kappa shape index (κ1) is 15.6. The van der Waals surface area contributed by atoms with E-state index in [-0.39, 0.29) is 5.91 Å². The highest BCUT2D eigenvalue weighted by Crippen LogP contribution is 2.22. The quantitative estimate of drug-likeness (QED) is 0.768. The Morgan fingerprint density at radius 2 is 2.00 bits per heavy atom. The molecule has 0 radical (unpaired) electrons. The number of aromatic nitrogens is 2. The molecule has 0 bridgehead atoms. The van der Waals surface area contributed by atoms with Crippen LogP contribution in [0.3, 0.4) is 0 Å². The lowest BCUT2D eigenvalue weighted by atomic mass is 9.98. The number of carbonyl (C=O) groups is 1. The van der Waals surface area contributed by atoms with Crippen LogP contribution in [0.4, 0.5) is 0 Å². The van der Waals surface area contributed by atoms with Gasteiger partial charge in [-0.05, 0) is 11.5 Å². The van der Waals surface area contributed by atoms with E-state index in [1.54, 1.807) is 19.0 Å². The summed E-state index contributed by atoms with van der Waals surface area (Å²) in [7, 11) is 3.45. The highest BCUT2D eigenvalue weighted by atomic mass is 32.2. The molecule has 1 amide bonds. The Morgan fingerprint density at radius 3 is 2.67 bits per heavy atom. The number of hydrogen-bond acceptors (Lipinski definition) is 5. The van der Waals surface area contributed by atoms with Gasteiger partial charge < -0.3 is 9.32 Å². The van der Waals surface area contributed by atoms with Gasteiger partial charge in [0.25, 0.3) is 5.22 Å². The molecular formula is C15H19N3O2S. The predicted molar refractivity (Wildman–Crippen MR) is 82.3 cm³/mol. The first-order valence-electron chi connectivity index (χ1n) is 6.76.